The van der Waals surface area contributed by atoms with Gasteiger partial charge in [0.05, 0.1) is 22.5 Å². The minimum absolute atomic E-state index is 0.00482. The SMILES string of the molecule is CC(C)(C)c1ccc(C(=O)c2c(C(=O)O)ccc(N)c2N)cc1. The molecule has 5 nitrogen and oxygen atoms in total. The Morgan fingerprint density at radius 1 is 0.957 bits per heavy atom. The molecule has 0 aromatic heterocycles. The molecule has 2 aromatic carbocycles. The molecule has 0 heterocycles. The van der Waals surface area contributed by atoms with Crippen LogP contribution >= 0.6 is 0 Å². The van der Waals surface area contributed by atoms with Gasteiger partial charge in [-0.2, -0.15) is 0 Å². The summed E-state index contributed by atoms with van der Waals surface area (Å²) in [6.07, 6.45) is 0. The Labute approximate surface area is 134 Å². The highest BCUT2D eigenvalue weighted by Crippen LogP contribution is 2.28. The predicted molar refractivity (Wildman–Crippen MR) is 90.8 cm³/mol. The van der Waals surface area contributed by atoms with Gasteiger partial charge in [-0.1, -0.05) is 45.0 Å². The predicted octanol–water partition coefficient (Wildman–Crippen LogP) is 3.08. The van der Waals surface area contributed by atoms with E-state index >= 15 is 0 Å². The molecule has 0 amide bonds. The summed E-state index contributed by atoms with van der Waals surface area (Å²) in [6.45, 7) is 6.22. The van der Waals surface area contributed by atoms with Crippen molar-refractivity contribution in [2.24, 2.45) is 0 Å². The minimum Gasteiger partial charge on any atom is -0.478 e. The molecule has 0 saturated carbocycles. The lowest BCUT2D eigenvalue weighted by Gasteiger charge is -2.19. The van der Waals surface area contributed by atoms with E-state index in [1.54, 1.807) is 12.1 Å². The molecule has 0 spiro atoms. The zero-order valence-electron chi connectivity index (χ0n) is 13.4. The number of carbonyl (C=O) groups excluding carboxylic acids is 1. The molecule has 120 valence electrons. The second-order valence-electron chi connectivity index (χ2n) is 6.45. The molecular formula is C18H20N2O3. The molecular weight excluding hydrogens is 292 g/mol. The summed E-state index contributed by atoms with van der Waals surface area (Å²) in [5.41, 5.74) is 12.9. The molecule has 0 aliphatic rings. The topological polar surface area (TPSA) is 106 Å². The highest BCUT2D eigenvalue weighted by Gasteiger charge is 2.23. The van der Waals surface area contributed by atoms with E-state index in [1.807, 2.05) is 12.1 Å². The third kappa shape index (κ3) is 3.18. The standard InChI is InChI=1S/C18H20N2O3/c1-18(2,3)11-6-4-10(5-7-11)16(21)14-12(17(22)23)8-9-13(19)15(14)20/h4-9H,19-20H2,1-3H3,(H,22,23). The monoisotopic (exact) mass is 312 g/mol. The van der Waals surface area contributed by atoms with E-state index in [-0.39, 0.29) is 27.9 Å². The molecule has 2 aromatic rings. The van der Waals surface area contributed by atoms with E-state index in [1.165, 1.54) is 12.1 Å². The number of rotatable bonds is 3. The van der Waals surface area contributed by atoms with Crippen molar-refractivity contribution in [2.45, 2.75) is 26.2 Å². The van der Waals surface area contributed by atoms with E-state index in [9.17, 15) is 14.7 Å². The fourth-order valence-corrected chi connectivity index (χ4v) is 2.32. The number of carboxylic acid groups (broad SMARTS) is 1. The van der Waals surface area contributed by atoms with Crippen LogP contribution in [0.15, 0.2) is 36.4 Å². The normalized spacial score (nSPS) is 11.3. The fraction of sp³-hybridized carbons (Fsp3) is 0.222. The molecule has 0 unspecified atom stereocenters. The lowest BCUT2D eigenvalue weighted by Crippen LogP contribution is -2.15. The number of carboxylic acids is 1. The highest BCUT2D eigenvalue weighted by molar-refractivity contribution is 6.18. The highest BCUT2D eigenvalue weighted by atomic mass is 16.4. The van der Waals surface area contributed by atoms with Crippen molar-refractivity contribution in [1.29, 1.82) is 0 Å². The molecule has 2 rings (SSSR count). The second-order valence-corrected chi connectivity index (χ2v) is 6.45. The summed E-state index contributed by atoms with van der Waals surface area (Å²) < 4.78 is 0. The Kier molecular flexibility index (Phi) is 4.14. The molecule has 5 heteroatoms. The van der Waals surface area contributed by atoms with Crippen LogP contribution in [0.1, 0.15) is 52.6 Å². The van der Waals surface area contributed by atoms with Gasteiger partial charge in [-0.3, -0.25) is 4.79 Å². The van der Waals surface area contributed by atoms with Crippen molar-refractivity contribution >= 4 is 23.1 Å². The van der Waals surface area contributed by atoms with Gasteiger partial charge < -0.3 is 16.6 Å². The number of benzene rings is 2. The number of carbonyl (C=O) groups is 2. The minimum atomic E-state index is -1.22. The number of nitrogens with two attached hydrogens (primary N) is 2. The van der Waals surface area contributed by atoms with E-state index in [0.717, 1.165) is 5.56 Å². The Hall–Kier alpha value is -2.82. The van der Waals surface area contributed by atoms with Crippen molar-refractivity contribution < 1.29 is 14.7 Å². The summed E-state index contributed by atoms with van der Waals surface area (Å²) in [5.74, 6) is -1.67. The molecule has 0 aliphatic heterocycles. The van der Waals surface area contributed by atoms with Gasteiger partial charge in [-0.15, -0.1) is 0 Å². The van der Waals surface area contributed by atoms with Crippen LogP contribution in [-0.4, -0.2) is 16.9 Å². The number of hydrogen-bond acceptors (Lipinski definition) is 4. The van der Waals surface area contributed by atoms with Gasteiger partial charge in [0.1, 0.15) is 0 Å². The van der Waals surface area contributed by atoms with Crippen LogP contribution in [0.4, 0.5) is 11.4 Å². The van der Waals surface area contributed by atoms with Gasteiger partial charge in [0.25, 0.3) is 0 Å². The number of hydrogen-bond donors (Lipinski definition) is 3. The second kappa shape index (κ2) is 5.76. The molecule has 23 heavy (non-hydrogen) atoms. The summed E-state index contributed by atoms with van der Waals surface area (Å²) in [5, 5.41) is 9.28. The zero-order valence-corrected chi connectivity index (χ0v) is 13.4. The van der Waals surface area contributed by atoms with Crippen LogP contribution < -0.4 is 11.5 Å². The fourth-order valence-electron chi connectivity index (χ4n) is 2.32. The van der Waals surface area contributed by atoms with Crippen LogP contribution in [-0.2, 0) is 5.41 Å². The first-order valence-corrected chi connectivity index (χ1v) is 7.19. The number of ketones is 1. The third-order valence-corrected chi connectivity index (χ3v) is 3.75. The number of nitrogen functional groups attached to an aromatic ring is 2. The first-order valence-electron chi connectivity index (χ1n) is 7.19. The van der Waals surface area contributed by atoms with Crippen molar-refractivity contribution in [3.63, 3.8) is 0 Å². The molecule has 0 bridgehead atoms. The summed E-state index contributed by atoms with van der Waals surface area (Å²) in [7, 11) is 0. The average molecular weight is 312 g/mol. The molecule has 0 atom stereocenters. The molecule has 0 radical (unpaired) electrons. The van der Waals surface area contributed by atoms with Gasteiger partial charge in [0.2, 0.25) is 0 Å². The van der Waals surface area contributed by atoms with Crippen LogP contribution in [0.5, 0.6) is 0 Å². The average Bonchev–Trinajstić information content (AvgIpc) is 2.48. The van der Waals surface area contributed by atoms with Crippen molar-refractivity contribution in [1.82, 2.24) is 0 Å². The van der Waals surface area contributed by atoms with Crippen molar-refractivity contribution in [3.8, 4) is 0 Å². The third-order valence-electron chi connectivity index (χ3n) is 3.75. The Morgan fingerprint density at radius 3 is 2.00 bits per heavy atom. The van der Waals surface area contributed by atoms with E-state index in [4.69, 9.17) is 11.5 Å². The largest absolute Gasteiger partial charge is 0.478 e. The first kappa shape index (κ1) is 16.5. The number of anilines is 2. The molecule has 5 N–H and O–H groups in total. The summed E-state index contributed by atoms with van der Waals surface area (Å²) in [6, 6.07) is 9.75. The smallest absolute Gasteiger partial charge is 0.336 e. The van der Waals surface area contributed by atoms with Crippen LogP contribution in [0.3, 0.4) is 0 Å². The van der Waals surface area contributed by atoms with Gasteiger partial charge in [-0.05, 0) is 23.1 Å². The maximum Gasteiger partial charge on any atom is 0.336 e. The van der Waals surface area contributed by atoms with Crippen molar-refractivity contribution in [2.75, 3.05) is 11.5 Å². The molecule has 0 aliphatic carbocycles. The Balaban J connectivity index is 2.53. The van der Waals surface area contributed by atoms with E-state index in [0.29, 0.717) is 5.56 Å². The molecule has 0 fully saturated rings. The van der Waals surface area contributed by atoms with E-state index in [2.05, 4.69) is 20.8 Å². The van der Waals surface area contributed by atoms with Crippen molar-refractivity contribution in [3.05, 3.63) is 58.7 Å². The molecule has 0 saturated heterocycles. The first-order chi connectivity index (χ1) is 10.6. The van der Waals surface area contributed by atoms with Gasteiger partial charge >= 0.3 is 5.97 Å². The summed E-state index contributed by atoms with van der Waals surface area (Å²) >= 11 is 0. The van der Waals surface area contributed by atoms with Gasteiger partial charge in [0.15, 0.2) is 5.78 Å². The van der Waals surface area contributed by atoms with Gasteiger partial charge in [0, 0.05) is 5.56 Å². The van der Waals surface area contributed by atoms with Crippen LogP contribution in [0.25, 0.3) is 0 Å². The van der Waals surface area contributed by atoms with Crippen LogP contribution in [0.2, 0.25) is 0 Å². The quantitative estimate of drug-likeness (QED) is 0.596. The van der Waals surface area contributed by atoms with Gasteiger partial charge in [-0.25, -0.2) is 4.79 Å². The van der Waals surface area contributed by atoms with E-state index < -0.39 is 11.8 Å². The lowest BCUT2D eigenvalue weighted by atomic mass is 9.86. The zero-order chi connectivity index (χ0) is 17.4. The Bertz CT molecular complexity index is 772. The summed E-state index contributed by atoms with van der Waals surface area (Å²) in [4.78, 5) is 24.1. The van der Waals surface area contributed by atoms with Crippen LogP contribution in [0, 0.1) is 0 Å². The number of aromatic carboxylic acids is 1. The maximum absolute atomic E-state index is 12.7. The Morgan fingerprint density at radius 2 is 1.52 bits per heavy atom. The lowest BCUT2D eigenvalue weighted by molar-refractivity contribution is 0.0693. The maximum atomic E-state index is 12.7.